The van der Waals surface area contributed by atoms with Gasteiger partial charge in [-0.2, -0.15) is 0 Å². The third kappa shape index (κ3) is 3.39. The molecule has 0 amide bonds. The summed E-state index contributed by atoms with van der Waals surface area (Å²) < 4.78 is 0.993. The quantitative estimate of drug-likeness (QED) is 0.534. The Bertz CT molecular complexity index is 608. The molecule has 106 valence electrons. The lowest BCUT2D eigenvalue weighted by Gasteiger charge is -2.17. The van der Waals surface area contributed by atoms with Gasteiger partial charge in [-0.05, 0) is 53.3 Å². The van der Waals surface area contributed by atoms with E-state index in [-0.39, 0.29) is 5.38 Å². The Morgan fingerprint density at radius 3 is 2.40 bits per heavy atom. The van der Waals surface area contributed by atoms with Crippen LogP contribution in [0.25, 0.3) is 0 Å². The van der Waals surface area contributed by atoms with Crippen molar-refractivity contribution in [2.45, 2.75) is 32.1 Å². The van der Waals surface area contributed by atoms with Crippen LogP contribution >= 0.6 is 39.1 Å². The number of benzene rings is 2. The van der Waals surface area contributed by atoms with E-state index in [0.717, 1.165) is 28.4 Å². The molecule has 0 bridgehead atoms. The van der Waals surface area contributed by atoms with Gasteiger partial charge in [0.15, 0.2) is 0 Å². The molecule has 2 aromatic rings. The van der Waals surface area contributed by atoms with Gasteiger partial charge in [-0.3, -0.25) is 0 Å². The molecule has 0 aliphatic carbocycles. The van der Waals surface area contributed by atoms with Crippen LogP contribution < -0.4 is 0 Å². The zero-order valence-corrected chi connectivity index (χ0v) is 14.7. The average molecular weight is 372 g/mol. The first-order chi connectivity index (χ1) is 9.56. The van der Waals surface area contributed by atoms with Crippen LogP contribution in [0.3, 0.4) is 0 Å². The maximum atomic E-state index is 6.72. The second-order valence-corrected chi connectivity index (χ2v) is 6.53. The number of alkyl halides is 1. The van der Waals surface area contributed by atoms with E-state index >= 15 is 0 Å². The van der Waals surface area contributed by atoms with Gasteiger partial charge in [0.25, 0.3) is 0 Å². The fourth-order valence-corrected chi connectivity index (χ4v) is 3.34. The molecule has 0 radical (unpaired) electrons. The fraction of sp³-hybridized carbons (Fsp3) is 0.294. The van der Waals surface area contributed by atoms with E-state index in [1.54, 1.807) is 0 Å². The molecule has 20 heavy (non-hydrogen) atoms. The molecule has 0 aliphatic rings. The molecule has 0 nitrogen and oxygen atoms in total. The number of rotatable bonds is 4. The van der Waals surface area contributed by atoms with Crippen LogP contribution in [0.2, 0.25) is 5.02 Å². The lowest BCUT2D eigenvalue weighted by molar-refractivity contribution is 1.02. The predicted octanol–water partition coefficient (Wildman–Crippen LogP) is 6.56. The number of hydrogen-bond donors (Lipinski definition) is 0. The summed E-state index contributed by atoms with van der Waals surface area (Å²) in [5.74, 6) is 0. The van der Waals surface area contributed by atoms with Crippen molar-refractivity contribution in [1.82, 2.24) is 0 Å². The Morgan fingerprint density at radius 2 is 1.75 bits per heavy atom. The van der Waals surface area contributed by atoms with E-state index in [9.17, 15) is 0 Å². The SMILES string of the molecule is CCc1ccc(CC)c(C(Cl)c2cc(Br)ccc2Cl)c1. The van der Waals surface area contributed by atoms with Crippen LogP contribution in [0.15, 0.2) is 40.9 Å². The van der Waals surface area contributed by atoms with Crippen molar-refractivity contribution >= 4 is 39.1 Å². The maximum Gasteiger partial charge on any atom is 0.0852 e. The topological polar surface area (TPSA) is 0 Å². The molecule has 2 aromatic carbocycles. The molecular weight excluding hydrogens is 355 g/mol. The van der Waals surface area contributed by atoms with Crippen molar-refractivity contribution in [2.75, 3.05) is 0 Å². The first-order valence-corrected chi connectivity index (χ1v) is 8.38. The molecule has 0 spiro atoms. The van der Waals surface area contributed by atoms with Gasteiger partial charge < -0.3 is 0 Å². The summed E-state index contributed by atoms with van der Waals surface area (Å²) in [4.78, 5) is 0. The minimum Gasteiger partial charge on any atom is -0.113 e. The van der Waals surface area contributed by atoms with Crippen molar-refractivity contribution < 1.29 is 0 Å². The Labute approximate surface area is 139 Å². The highest BCUT2D eigenvalue weighted by molar-refractivity contribution is 9.10. The number of hydrogen-bond acceptors (Lipinski definition) is 0. The van der Waals surface area contributed by atoms with Gasteiger partial charge in [0.05, 0.1) is 5.38 Å². The van der Waals surface area contributed by atoms with Gasteiger partial charge in [0.2, 0.25) is 0 Å². The van der Waals surface area contributed by atoms with Gasteiger partial charge in [-0.1, -0.05) is 59.6 Å². The molecule has 0 aliphatic heterocycles. The maximum absolute atomic E-state index is 6.72. The highest BCUT2D eigenvalue weighted by Crippen LogP contribution is 2.37. The molecule has 1 unspecified atom stereocenters. The van der Waals surface area contributed by atoms with Crippen LogP contribution in [0.5, 0.6) is 0 Å². The predicted molar refractivity (Wildman–Crippen MR) is 92.0 cm³/mol. The molecule has 0 aromatic heterocycles. The van der Waals surface area contributed by atoms with Crippen molar-refractivity contribution in [3.05, 3.63) is 68.1 Å². The molecule has 1 atom stereocenters. The Morgan fingerprint density at radius 1 is 1.00 bits per heavy atom. The van der Waals surface area contributed by atoms with Crippen LogP contribution in [-0.4, -0.2) is 0 Å². The highest BCUT2D eigenvalue weighted by Gasteiger charge is 2.17. The zero-order valence-electron chi connectivity index (χ0n) is 11.6. The largest absolute Gasteiger partial charge is 0.113 e. The van der Waals surface area contributed by atoms with Crippen LogP contribution in [0.1, 0.15) is 41.5 Å². The van der Waals surface area contributed by atoms with Gasteiger partial charge in [-0.25, -0.2) is 0 Å². The van der Waals surface area contributed by atoms with Crippen LogP contribution in [0, 0.1) is 0 Å². The normalized spacial score (nSPS) is 12.4. The van der Waals surface area contributed by atoms with Gasteiger partial charge in [0, 0.05) is 9.50 Å². The molecule has 0 saturated heterocycles. The summed E-state index contributed by atoms with van der Waals surface area (Å²) in [5.41, 5.74) is 4.69. The third-order valence-corrected chi connectivity index (χ3v) is 4.81. The number of halogens is 3. The van der Waals surface area contributed by atoms with Crippen LogP contribution in [0.4, 0.5) is 0 Å². The minimum absolute atomic E-state index is 0.221. The Balaban J connectivity index is 2.51. The molecule has 2 rings (SSSR count). The van der Waals surface area contributed by atoms with Gasteiger partial charge >= 0.3 is 0 Å². The number of aryl methyl sites for hydroxylation is 2. The first-order valence-electron chi connectivity index (χ1n) is 6.77. The van der Waals surface area contributed by atoms with E-state index < -0.39 is 0 Å². The zero-order chi connectivity index (χ0) is 14.7. The monoisotopic (exact) mass is 370 g/mol. The van der Waals surface area contributed by atoms with E-state index in [1.807, 2.05) is 18.2 Å². The van der Waals surface area contributed by atoms with E-state index in [0.29, 0.717) is 5.02 Å². The third-order valence-electron chi connectivity index (χ3n) is 3.50. The molecular formula is C17H17BrCl2. The summed E-state index contributed by atoms with van der Waals surface area (Å²) in [6.45, 7) is 4.30. The molecule has 0 saturated carbocycles. The smallest absolute Gasteiger partial charge is 0.0852 e. The van der Waals surface area contributed by atoms with Crippen LogP contribution in [-0.2, 0) is 12.8 Å². The second kappa shape index (κ2) is 6.98. The van der Waals surface area contributed by atoms with Gasteiger partial charge in [-0.15, -0.1) is 11.6 Å². The van der Waals surface area contributed by atoms with E-state index in [2.05, 4.69) is 48.0 Å². The molecule has 3 heteroatoms. The van der Waals surface area contributed by atoms with Crippen molar-refractivity contribution in [1.29, 1.82) is 0 Å². The lowest BCUT2D eigenvalue weighted by atomic mass is 9.95. The van der Waals surface area contributed by atoms with Crippen molar-refractivity contribution in [3.8, 4) is 0 Å². The summed E-state index contributed by atoms with van der Waals surface area (Å²) in [5, 5.41) is 0.485. The summed E-state index contributed by atoms with van der Waals surface area (Å²) >= 11 is 16.5. The minimum atomic E-state index is -0.221. The standard InChI is InChI=1S/C17H17BrCl2/c1-3-11-5-6-12(4-2)14(9-11)17(20)15-10-13(18)7-8-16(15)19/h5-10,17H,3-4H2,1-2H3. The first kappa shape index (κ1) is 15.9. The Hall–Kier alpha value is -0.500. The fourth-order valence-electron chi connectivity index (χ4n) is 2.30. The van der Waals surface area contributed by atoms with E-state index in [4.69, 9.17) is 23.2 Å². The van der Waals surface area contributed by atoms with E-state index in [1.165, 1.54) is 11.1 Å². The molecule has 0 fully saturated rings. The molecule has 0 heterocycles. The van der Waals surface area contributed by atoms with Gasteiger partial charge in [0.1, 0.15) is 0 Å². The highest BCUT2D eigenvalue weighted by atomic mass is 79.9. The van der Waals surface area contributed by atoms with Crippen molar-refractivity contribution in [3.63, 3.8) is 0 Å². The van der Waals surface area contributed by atoms with Crippen molar-refractivity contribution in [2.24, 2.45) is 0 Å². The summed E-state index contributed by atoms with van der Waals surface area (Å²) in [6, 6.07) is 12.4. The average Bonchev–Trinajstić information content (AvgIpc) is 2.48. The second-order valence-electron chi connectivity index (χ2n) is 4.77. The lowest BCUT2D eigenvalue weighted by Crippen LogP contribution is -2.01. The Kier molecular flexibility index (Phi) is 5.54. The summed E-state index contributed by atoms with van der Waals surface area (Å²) in [6.07, 6.45) is 1.97. The molecule has 0 N–H and O–H groups in total. The summed E-state index contributed by atoms with van der Waals surface area (Å²) in [7, 11) is 0.